The van der Waals surface area contributed by atoms with Gasteiger partial charge in [-0.1, -0.05) is 0 Å². The molecule has 0 aliphatic rings. The number of unbranched alkanes of at least 4 members (excludes halogenated alkanes) is 1. The molecular weight excluding hydrogens is 206 g/mol. The van der Waals surface area contributed by atoms with Gasteiger partial charge in [0.1, 0.15) is 6.54 Å². The van der Waals surface area contributed by atoms with E-state index < -0.39 is 10.1 Å². The van der Waals surface area contributed by atoms with E-state index in [4.69, 9.17) is 9.66 Å². The van der Waals surface area contributed by atoms with Gasteiger partial charge in [-0.15, -0.1) is 0 Å². The van der Waals surface area contributed by atoms with E-state index in [1.807, 2.05) is 14.1 Å². The molecule has 6 heteroatoms. The Balaban J connectivity index is 3.64. The van der Waals surface area contributed by atoms with Crippen LogP contribution < -0.4 is 0 Å². The first-order valence-electron chi connectivity index (χ1n) is 4.65. The highest BCUT2D eigenvalue weighted by molar-refractivity contribution is 7.85. The first kappa shape index (κ1) is 13.8. The Morgan fingerprint density at radius 2 is 1.71 bits per heavy atom. The summed E-state index contributed by atoms with van der Waals surface area (Å²) < 4.78 is 29.9. The van der Waals surface area contributed by atoms with Gasteiger partial charge in [-0.25, -0.2) is 0 Å². The summed E-state index contributed by atoms with van der Waals surface area (Å²) in [4.78, 5) is 0. The standard InChI is InChI=1S/C8H19NO4S/c1-9(2,6-7-10)5-3-4-8-14(11,12)13/h10H,3-8H2,1-2H3/p+1. The Labute approximate surface area is 85.7 Å². The summed E-state index contributed by atoms with van der Waals surface area (Å²) in [5.74, 6) is -0.174. The van der Waals surface area contributed by atoms with Gasteiger partial charge >= 0.3 is 0 Å². The van der Waals surface area contributed by atoms with Crippen molar-refractivity contribution < 1.29 is 22.6 Å². The van der Waals surface area contributed by atoms with Crippen LogP contribution in [0.2, 0.25) is 0 Å². The lowest BCUT2D eigenvalue weighted by atomic mass is 10.3. The van der Waals surface area contributed by atoms with Gasteiger partial charge in [0, 0.05) is 0 Å². The van der Waals surface area contributed by atoms with Crippen molar-refractivity contribution in [1.29, 1.82) is 0 Å². The van der Waals surface area contributed by atoms with E-state index in [9.17, 15) is 8.42 Å². The van der Waals surface area contributed by atoms with E-state index in [1.165, 1.54) is 0 Å². The number of hydrogen-bond donors (Lipinski definition) is 2. The van der Waals surface area contributed by atoms with Crippen LogP contribution in [0.3, 0.4) is 0 Å². The number of aliphatic hydroxyl groups excluding tert-OH is 1. The fraction of sp³-hybridized carbons (Fsp3) is 1.00. The topological polar surface area (TPSA) is 74.6 Å². The van der Waals surface area contributed by atoms with Gasteiger partial charge in [-0.05, 0) is 12.8 Å². The fourth-order valence-corrected chi connectivity index (χ4v) is 1.78. The first-order chi connectivity index (χ1) is 6.27. The highest BCUT2D eigenvalue weighted by atomic mass is 32.2. The van der Waals surface area contributed by atoms with Gasteiger partial charge in [-0.2, -0.15) is 8.42 Å². The van der Waals surface area contributed by atoms with E-state index in [0.717, 1.165) is 13.0 Å². The molecule has 0 aromatic carbocycles. The van der Waals surface area contributed by atoms with Gasteiger partial charge in [0.25, 0.3) is 10.1 Å². The van der Waals surface area contributed by atoms with Crippen LogP contribution >= 0.6 is 0 Å². The molecule has 86 valence electrons. The quantitative estimate of drug-likeness (QED) is 0.356. The van der Waals surface area contributed by atoms with Crippen LogP contribution in [0, 0.1) is 0 Å². The van der Waals surface area contributed by atoms with Crippen molar-refractivity contribution in [1.82, 2.24) is 0 Å². The third-order valence-corrected chi connectivity index (χ3v) is 2.93. The number of nitrogens with zero attached hydrogens (tertiary/aromatic N) is 1. The molecule has 0 bridgehead atoms. The smallest absolute Gasteiger partial charge is 0.264 e. The molecule has 0 rings (SSSR count). The SMILES string of the molecule is C[N+](C)(CCO)CCCCS(=O)(=O)O. The van der Waals surface area contributed by atoms with Crippen molar-refractivity contribution in [3.63, 3.8) is 0 Å². The average molecular weight is 226 g/mol. The molecule has 5 nitrogen and oxygen atoms in total. The van der Waals surface area contributed by atoms with Gasteiger partial charge in [0.15, 0.2) is 0 Å². The lowest BCUT2D eigenvalue weighted by molar-refractivity contribution is -0.890. The molecule has 0 saturated heterocycles. The lowest BCUT2D eigenvalue weighted by Crippen LogP contribution is -2.42. The van der Waals surface area contributed by atoms with E-state index in [0.29, 0.717) is 17.4 Å². The molecule has 0 amide bonds. The van der Waals surface area contributed by atoms with Crippen molar-refractivity contribution in [2.24, 2.45) is 0 Å². The second kappa shape index (κ2) is 5.65. The zero-order chi connectivity index (χ0) is 11.2. The van der Waals surface area contributed by atoms with Gasteiger partial charge in [0.2, 0.25) is 0 Å². The fourth-order valence-electron chi connectivity index (χ4n) is 1.21. The minimum Gasteiger partial charge on any atom is -0.391 e. The van der Waals surface area contributed by atoms with E-state index in [2.05, 4.69) is 0 Å². The van der Waals surface area contributed by atoms with Crippen molar-refractivity contribution >= 4 is 10.1 Å². The summed E-state index contributed by atoms with van der Waals surface area (Å²) in [6.07, 6.45) is 1.19. The molecule has 0 spiro atoms. The molecule has 14 heavy (non-hydrogen) atoms. The second-order valence-corrected chi connectivity index (χ2v) is 5.67. The summed E-state index contributed by atoms with van der Waals surface area (Å²) in [7, 11) is 0.141. The van der Waals surface area contributed by atoms with Crippen molar-refractivity contribution in [3.05, 3.63) is 0 Å². The molecule has 0 aliphatic heterocycles. The normalized spacial score (nSPS) is 13.1. The molecule has 0 aromatic heterocycles. The Bertz CT molecular complexity index is 248. The largest absolute Gasteiger partial charge is 0.391 e. The third-order valence-electron chi connectivity index (χ3n) is 2.12. The molecule has 0 saturated carbocycles. The van der Waals surface area contributed by atoms with Crippen LogP contribution in [0.15, 0.2) is 0 Å². The van der Waals surface area contributed by atoms with E-state index in [1.54, 1.807) is 0 Å². The summed E-state index contributed by atoms with van der Waals surface area (Å²) in [6, 6.07) is 0. The second-order valence-electron chi connectivity index (χ2n) is 4.10. The molecule has 0 heterocycles. The van der Waals surface area contributed by atoms with Crippen molar-refractivity contribution in [3.8, 4) is 0 Å². The first-order valence-corrected chi connectivity index (χ1v) is 6.26. The Morgan fingerprint density at radius 3 is 2.14 bits per heavy atom. The molecule has 0 unspecified atom stereocenters. The van der Waals surface area contributed by atoms with Crippen LogP contribution in [0.5, 0.6) is 0 Å². The highest BCUT2D eigenvalue weighted by Gasteiger charge is 2.14. The molecule has 0 radical (unpaired) electrons. The zero-order valence-corrected chi connectivity index (χ0v) is 9.63. The van der Waals surface area contributed by atoms with Crippen LogP contribution in [0.4, 0.5) is 0 Å². The lowest BCUT2D eigenvalue weighted by Gasteiger charge is -2.28. The van der Waals surface area contributed by atoms with Crippen LogP contribution in [0.25, 0.3) is 0 Å². The van der Waals surface area contributed by atoms with E-state index in [-0.39, 0.29) is 12.4 Å². The predicted octanol–water partition coefficient (Wildman–Crippen LogP) is -0.277. The van der Waals surface area contributed by atoms with E-state index >= 15 is 0 Å². The Hall–Kier alpha value is -0.170. The average Bonchev–Trinajstić information content (AvgIpc) is 1.96. The molecule has 2 N–H and O–H groups in total. The molecule has 0 atom stereocenters. The van der Waals surface area contributed by atoms with Gasteiger partial charge in [0.05, 0.1) is 33.0 Å². The number of likely N-dealkylation sites (N-methyl/N-ethyl adjacent to an activating group) is 1. The summed E-state index contributed by atoms with van der Waals surface area (Å²) >= 11 is 0. The van der Waals surface area contributed by atoms with Crippen LogP contribution in [-0.4, -0.2) is 62.1 Å². The molecule has 0 aromatic rings. The number of quaternary nitrogens is 1. The molecular formula is C8H20NO4S+. The van der Waals surface area contributed by atoms with Crippen molar-refractivity contribution in [2.45, 2.75) is 12.8 Å². The molecule has 0 fully saturated rings. The predicted molar refractivity (Wildman–Crippen MR) is 54.6 cm³/mol. The van der Waals surface area contributed by atoms with Crippen LogP contribution in [0.1, 0.15) is 12.8 Å². The highest BCUT2D eigenvalue weighted by Crippen LogP contribution is 2.02. The Kier molecular flexibility index (Phi) is 5.58. The zero-order valence-electron chi connectivity index (χ0n) is 8.81. The maximum atomic E-state index is 10.4. The van der Waals surface area contributed by atoms with Crippen molar-refractivity contribution in [2.75, 3.05) is 39.5 Å². The monoisotopic (exact) mass is 226 g/mol. The number of hydrogen-bond acceptors (Lipinski definition) is 3. The summed E-state index contributed by atoms with van der Waals surface area (Å²) in [5.41, 5.74) is 0. The maximum Gasteiger partial charge on any atom is 0.264 e. The molecule has 0 aliphatic carbocycles. The maximum absolute atomic E-state index is 10.4. The van der Waals surface area contributed by atoms with Crippen LogP contribution in [-0.2, 0) is 10.1 Å². The number of aliphatic hydroxyl groups is 1. The number of rotatable bonds is 7. The minimum atomic E-state index is -3.81. The minimum absolute atomic E-state index is 0.130. The van der Waals surface area contributed by atoms with Gasteiger partial charge in [-0.3, -0.25) is 4.55 Å². The van der Waals surface area contributed by atoms with Gasteiger partial charge < -0.3 is 9.59 Å². The third kappa shape index (κ3) is 8.43. The summed E-state index contributed by atoms with van der Waals surface area (Å²) in [5, 5.41) is 8.74. The summed E-state index contributed by atoms with van der Waals surface area (Å²) in [6.45, 7) is 1.59. The Morgan fingerprint density at radius 1 is 1.14 bits per heavy atom.